The van der Waals surface area contributed by atoms with E-state index in [0.29, 0.717) is 6.61 Å². The van der Waals surface area contributed by atoms with Gasteiger partial charge in [0.25, 0.3) is 0 Å². The van der Waals surface area contributed by atoms with E-state index in [2.05, 4.69) is 0 Å². The van der Waals surface area contributed by atoms with Gasteiger partial charge in [-0.25, -0.2) is 4.79 Å². The molecule has 0 N–H and O–H groups in total. The Kier molecular flexibility index (Phi) is 4.97. The number of nitrogens with zero attached hydrogens (tertiary/aromatic N) is 1. The summed E-state index contributed by atoms with van der Waals surface area (Å²) in [6.07, 6.45) is 3.16. The number of ketones is 1. The molecule has 2 aromatic rings. The molecule has 0 saturated carbocycles. The van der Waals surface area contributed by atoms with Crippen LogP contribution in [-0.2, 0) is 11.3 Å². The Morgan fingerprint density at radius 3 is 2.37 bits per heavy atom. The maximum Gasteiger partial charge on any atom is 0.410 e. The van der Waals surface area contributed by atoms with Gasteiger partial charge in [-0.05, 0) is 44.2 Å². The first-order chi connectivity index (χ1) is 13.1. The summed E-state index contributed by atoms with van der Waals surface area (Å²) in [5.74, 6) is 0.218. The van der Waals surface area contributed by atoms with Crippen molar-refractivity contribution in [1.29, 1.82) is 0 Å². The van der Waals surface area contributed by atoms with E-state index in [4.69, 9.17) is 4.74 Å². The molecule has 2 fully saturated rings. The zero-order chi connectivity index (χ0) is 18.8. The number of aryl methyl sites for hydroxylation is 1. The molecular weight excluding hydrogens is 338 g/mol. The number of Topliss-reactive ketones (excluding diaryl/α,β-unsaturated/α-hetero) is 1. The predicted molar refractivity (Wildman–Crippen MR) is 104 cm³/mol. The van der Waals surface area contributed by atoms with Gasteiger partial charge in [-0.3, -0.25) is 4.79 Å². The minimum absolute atomic E-state index is 0.00229. The molecule has 4 nitrogen and oxygen atoms in total. The van der Waals surface area contributed by atoms with Gasteiger partial charge in [0.2, 0.25) is 0 Å². The van der Waals surface area contributed by atoms with Crippen LogP contribution in [0.15, 0.2) is 54.6 Å². The zero-order valence-corrected chi connectivity index (χ0v) is 15.6. The van der Waals surface area contributed by atoms with Crippen molar-refractivity contribution in [3.8, 4) is 0 Å². The summed E-state index contributed by atoms with van der Waals surface area (Å²) in [4.78, 5) is 27.5. The van der Waals surface area contributed by atoms with Gasteiger partial charge in [-0.1, -0.05) is 54.1 Å². The largest absolute Gasteiger partial charge is 0.445 e. The number of amides is 1. The van der Waals surface area contributed by atoms with Crippen LogP contribution >= 0.6 is 0 Å². The summed E-state index contributed by atoms with van der Waals surface area (Å²) in [7, 11) is 0. The van der Waals surface area contributed by atoms with Gasteiger partial charge in [-0.2, -0.15) is 0 Å². The number of fused-ring (bicyclic) bond motifs is 2. The van der Waals surface area contributed by atoms with Gasteiger partial charge in [-0.15, -0.1) is 0 Å². The van der Waals surface area contributed by atoms with Crippen molar-refractivity contribution in [2.75, 3.05) is 0 Å². The average Bonchev–Trinajstić information content (AvgIpc) is 2.96. The van der Waals surface area contributed by atoms with E-state index < -0.39 is 0 Å². The third-order valence-electron chi connectivity index (χ3n) is 5.82. The molecule has 2 bridgehead atoms. The lowest BCUT2D eigenvalue weighted by Gasteiger charge is -2.37. The zero-order valence-electron chi connectivity index (χ0n) is 15.6. The van der Waals surface area contributed by atoms with Gasteiger partial charge in [0.05, 0.1) is 0 Å². The maximum atomic E-state index is 12.9. The van der Waals surface area contributed by atoms with Crippen LogP contribution in [0.5, 0.6) is 0 Å². The monoisotopic (exact) mass is 363 g/mol. The average molecular weight is 363 g/mol. The van der Waals surface area contributed by atoms with Crippen molar-refractivity contribution in [1.82, 2.24) is 4.90 Å². The number of piperidine rings is 1. The Hall–Kier alpha value is -2.62. The molecule has 2 aliphatic heterocycles. The number of ether oxygens (including phenoxy) is 1. The number of benzene rings is 2. The Labute approximate surface area is 160 Å². The van der Waals surface area contributed by atoms with Crippen molar-refractivity contribution in [3.63, 3.8) is 0 Å². The van der Waals surface area contributed by atoms with Crippen molar-refractivity contribution < 1.29 is 14.3 Å². The third-order valence-corrected chi connectivity index (χ3v) is 5.82. The molecule has 27 heavy (non-hydrogen) atoms. The van der Waals surface area contributed by atoms with Crippen molar-refractivity contribution in [3.05, 3.63) is 71.3 Å². The summed E-state index contributed by atoms with van der Waals surface area (Å²) in [6, 6.07) is 17.8. The van der Waals surface area contributed by atoms with Crippen LogP contribution in [0.25, 0.3) is 0 Å². The molecule has 2 heterocycles. The lowest BCUT2D eigenvalue weighted by atomic mass is 9.84. The highest BCUT2D eigenvalue weighted by Crippen LogP contribution is 2.40. The maximum absolute atomic E-state index is 12.9. The number of hydrogen-bond acceptors (Lipinski definition) is 3. The van der Waals surface area contributed by atoms with Gasteiger partial charge in [0.1, 0.15) is 6.61 Å². The van der Waals surface area contributed by atoms with Crippen LogP contribution < -0.4 is 0 Å². The first-order valence-corrected chi connectivity index (χ1v) is 9.71. The molecular formula is C23H25NO3. The van der Waals surface area contributed by atoms with Crippen LogP contribution in [0.4, 0.5) is 4.79 Å². The lowest BCUT2D eigenvalue weighted by molar-refractivity contribution is 0.0485. The summed E-state index contributed by atoms with van der Waals surface area (Å²) in [5.41, 5.74) is 2.88. The third kappa shape index (κ3) is 3.75. The Morgan fingerprint density at radius 2 is 1.70 bits per heavy atom. The predicted octanol–water partition coefficient (Wildman–Crippen LogP) is 4.76. The van der Waals surface area contributed by atoms with Crippen molar-refractivity contribution in [2.45, 2.75) is 51.3 Å². The summed E-state index contributed by atoms with van der Waals surface area (Å²) >= 11 is 0. The molecule has 0 spiro atoms. The van der Waals surface area contributed by atoms with E-state index in [0.717, 1.165) is 42.4 Å². The highest BCUT2D eigenvalue weighted by atomic mass is 16.6. The number of carbonyl (C=O) groups is 2. The van der Waals surface area contributed by atoms with Gasteiger partial charge in [0, 0.05) is 23.6 Å². The standard InChI is InChI=1S/C23H25NO3/c1-16-6-5-9-18(12-16)22(25)19-13-20-10-11-21(14-19)24(20)23(26)27-15-17-7-3-2-4-8-17/h2-9,12,19-21H,10-11,13-15H2,1H3. The topological polar surface area (TPSA) is 46.6 Å². The van der Waals surface area contributed by atoms with Crippen LogP contribution in [0.3, 0.4) is 0 Å². The van der Waals surface area contributed by atoms with Crippen LogP contribution in [0.1, 0.15) is 47.2 Å². The minimum Gasteiger partial charge on any atom is -0.445 e. The minimum atomic E-state index is -0.243. The molecule has 0 aromatic heterocycles. The Morgan fingerprint density at radius 1 is 1.00 bits per heavy atom. The number of rotatable bonds is 4. The molecule has 2 aromatic carbocycles. The second-order valence-electron chi connectivity index (χ2n) is 7.73. The van der Waals surface area contributed by atoms with Crippen LogP contribution in [0, 0.1) is 12.8 Å². The van der Waals surface area contributed by atoms with Gasteiger partial charge in [0.15, 0.2) is 5.78 Å². The summed E-state index contributed by atoms with van der Waals surface area (Å²) in [6.45, 7) is 2.30. The molecule has 1 amide bonds. The van der Waals surface area contributed by atoms with Crippen molar-refractivity contribution >= 4 is 11.9 Å². The molecule has 2 atom stereocenters. The number of carbonyl (C=O) groups excluding carboxylic acids is 2. The van der Waals surface area contributed by atoms with E-state index in [1.54, 1.807) is 0 Å². The lowest BCUT2D eigenvalue weighted by Crippen LogP contribution is -2.48. The smallest absolute Gasteiger partial charge is 0.410 e. The Bertz CT molecular complexity index is 819. The van der Waals surface area contributed by atoms with E-state index in [9.17, 15) is 9.59 Å². The molecule has 0 aliphatic carbocycles. The second kappa shape index (κ2) is 7.55. The fourth-order valence-corrected chi connectivity index (χ4v) is 4.52. The van der Waals surface area contributed by atoms with Gasteiger partial charge >= 0.3 is 6.09 Å². The fourth-order valence-electron chi connectivity index (χ4n) is 4.52. The van der Waals surface area contributed by atoms with E-state index >= 15 is 0 Å². The van der Waals surface area contributed by atoms with Crippen LogP contribution in [0.2, 0.25) is 0 Å². The van der Waals surface area contributed by atoms with Gasteiger partial charge < -0.3 is 9.64 Å². The molecule has 4 rings (SSSR count). The fraction of sp³-hybridized carbons (Fsp3) is 0.391. The first-order valence-electron chi connectivity index (χ1n) is 9.71. The number of hydrogen-bond donors (Lipinski definition) is 0. The first kappa shape index (κ1) is 17.8. The SMILES string of the molecule is Cc1cccc(C(=O)C2CC3CCC(C2)N3C(=O)OCc2ccccc2)c1. The molecule has 2 aliphatic rings. The van der Waals surface area contributed by atoms with E-state index in [1.807, 2.05) is 66.4 Å². The molecule has 2 unspecified atom stereocenters. The second-order valence-corrected chi connectivity index (χ2v) is 7.73. The molecule has 2 saturated heterocycles. The molecule has 4 heteroatoms. The molecule has 0 radical (unpaired) electrons. The van der Waals surface area contributed by atoms with Crippen LogP contribution in [-0.4, -0.2) is 28.9 Å². The highest BCUT2D eigenvalue weighted by Gasteiger charge is 2.45. The Balaban J connectivity index is 1.40. The summed E-state index contributed by atoms with van der Waals surface area (Å²) in [5, 5.41) is 0. The highest BCUT2D eigenvalue weighted by molar-refractivity contribution is 5.98. The van der Waals surface area contributed by atoms with E-state index in [-0.39, 0.29) is 29.9 Å². The molecule has 140 valence electrons. The van der Waals surface area contributed by atoms with Crippen molar-refractivity contribution in [2.24, 2.45) is 5.92 Å². The van der Waals surface area contributed by atoms with E-state index in [1.165, 1.54) is 0 Å². The normalized spacial score (nSPS) is 23.9. The summed E-state index contributed by atoms with van der Waals surface area (Å²) < 4.78 is 5.55. The quantitative estimate of drug-likeness (QED) is 0.736.